The van der Waals surface area contributed by atoms with E-state index in [0.717, 1.165) is 11.6 Å². The Hall–Kier alpha value is -2.36. The van der Waals surface area contributed by atoms with Crippen molar-refractivity contribution in [1.29, 1.82) is 0 Å². The number of hydrogen-bond acceptors (Lipinski definition) is 1. The molecular formula is C16H10F3N. The summed E-state index contributed by atoms with van der Waals surface area (Å²) in [5, 5.41) is 0.126. The van der Waals surface area contributed by atoms with Gasteiger partial charge in [0, 0.05) is 17.1 Å². The lowest BCUT2D eigenvalue weighted by Crippen LogP contribution is -2.06. The lowest BCUT2D eigenvalue weighted by molar-refractivity contribution is -0.136. The van der Waals surface area contributed by atoms with Gasteiger partial charge in [-0.2, -0.15) is 13.2 Å². The number of aromatic nitrogens is 1. The minimum atomic E-state index is -4.38. The second kappa shape index (κ2) is 4.63. The first-order chi connectivity index (χ1) is 9.57. The van der Waals surface area contributed by atoms with Gasteiger partial charge in [0.15, 0.2) is 0 Å². The van der Waals surface area contributed by atoms with Gasteiger partial charge in [0.25, 0.3) is 0 Å². The van der Waals surface area contributed by atoms with Crippen molar-refractivity contribution in [2.24, 2.45) is 0 Å². The van der Waals surface area contributed by atoms with Crippen LogP contribution in [-0.4, -0.2) is 4.98 Å². The van der Waals surface area contributed by atoms with Gasteiger partial charge in [-0.25, -0.2) is 0 Å². The second-order valence-corrected chi connectivity index (χ2v) is 4.42. The molecule has 0 radical (unpaired) electrons. The lowest BCUT2D eigenvalue weighted by Gasteiger charge is -2.13. The Kier molecular flexibility index (Phi) is 2.93. The molecule has 0 N–H and O–H groups in total. The van der Waals surface area contributed by atoms with Crippen LogP contribution < -0.4 is 0 Å². The second-order valence-electron chi connectivity index (χ2n) is 4.42. The molecule has 4 heteroatoms. The predicted molar refractivity (Wildman–Crippen MR) is 72.2 cm³/mol. The molecule has 1 nitrogen and oxygen atoms in total. The first-order valence-electron chi connectivity index (χ1n) is 6.08. The molecule has 0 spiro atoms. The maximum absolute atomic E-state index is 13.0. The Labute approximate surface area is 113 Å². The van der Waals surface area contributed by atoms with E-state index in [1.165, 1.54) is 24.4 Å². The van der Waals surface area contributed by atoms with E-state index in [0.29, 0.717) is 11.1 Å². The lowest BCUT2D eigenvalue weighted by atomic mass is 9.98. The summed E-state index contributed by atoms with van der Waals surface area (Å²) in [5.74, 6) is 0. The van der Waals surface area contributed by atoms with Crippen LogP contribution in [0.5, 0.6) is 0 Å². The molecule has 0 saturated heterocycles. The molecule has 1 heterocycles. The number of fused-ring (bicyclic) bond motifs is 1. The molecule has 0 amide bonds. The normalized spacial score (nSPS) is 11.8. The maximum Gasteiger partial charge on any atom is 0.417 e. The highest BCUT2D eigenvalue weighted by atomic mass is 19.4. The van der Waals surface area contributed by atoms with Crippen LogP contribution in [0.2, 0.25) is 0 Å². The molecule has 0 atom stereocenters. The summed E-state index contributed by atoms with van der Waals surface area (Å²) in [6.07, 6.45) is -2.87. The molecule has 3 rings (SSSR count). The zero-order valence-corrected chi connectivity index (χ0v) is 10.4. The molecule has 0 unspecified atom stereocenters. The first-order valence-corrected chi connectivity index (χ1v) is 6.08. The van der Waals surface area contributed by atoms with Crippen molar-refractivity contribution in [3.8, 4) is 11.1 Å². The Morgan fingerprint density at radius 1 is 0.800 bits per heavy atom. The minimum absolute atomic E-state index is 0.126. The van der Waals surface area contributed by atoms with Crippen LogP contribution in [0, 0.1) is 0 Å². The minimum Gasteiger partial charge on any atom is -0.256 e. The highest BCUT2D eigenvalue weighted by molar-refractivity contribution is 5.95. The van der Waals surface area contributed by atoms with Crippen molar-refractivity contribution >= 4 is 10.9 Å². The van der Waals surface area contributed by atoms with E-state index in [1.54, 1.807) is 0 Å². The fourth-order valence-electron chi connectivity index (χ4n) is 2.27. The predicted octanol–water partition coefficient (Wildman–Crippen LogP) is 4.92. The summed E-state index contributed by atoms with van der Waals surface area (Å²) in [4.78, 5) is 4.13. The number of rotatable bonds is 1. The van der Waals surface area contributed by atoms with Crippen molar-refractivity contribution < 1.29 is 13.2 Å². The Balaban J connectivity index is 2.33. The average Bonchev–Trinajstić information content (AvgIpc) is 2.46. The van der Waals surface area contributed by atoms with Gasteiger partial charge in [-0.15, -0.1) is 0 Å². The van der Waals surface area contributed by atoms with Crippen LogP contribution in [0.1, 0.15) is 5.56 Å². The molecule has 0 saturated carbocycles. The zero-order valence-electron chi connectivity index (χ0n) is 10.4. The standard InChI is InChI=1S/C16H10F3N/c17-16(18,19)14-9-8-12(11-5-2-1-3-6-11)15-13(14)7-4-10-20-15/h1-10H. The first kappa shape index (κ1) is 12.7. The van der Waals surface area contributed by atoms with Gasteiger partial charge in [-0.1, -0.05) is 42.5 Å². The third kappa shape index (κ3) is 2.13. The topological polar surface area (TPSA) is 12.9 Å². The monoisotopic (exact) mass is 273 g/mol. The Morgan fingerprint density at radius 3 is 2.25 bits per heavy atom. The Morgan fingerprint density at radius 2 is 1.55 bits per heavy atom. The molecule has 0 aliphatic heterocycles. The van der Waals surface area contributed by atoms with E-state index in [4.69, 9.17) is 0 Å². The largest absolute Gasteiger partial charge is 0.417 e. The fraction of sp³-hybridized carbons (Fsp3) is 0.0625. The highest BCUT2D eigenvalue weighted by Crippen LogP contribution is 2.37. The maximum atomic E-state index is 13.0. The summed E-state index contributed by atoms with van der Waals surface area (Å²) < 4.78 is 39.1. The fourth-order valence-corrected chi connectivity index (χ4v) is 2.27. The number of hydrogen-bond donors (Lipinski definition) is 0. The van der Waals surface area contributed by atoms with Gasteiger partial charge in [0.05, 0.1) is 11.1 Å². The molecule has 0 aliphatic rings. The van der Waals surface area contributed by atoms with Gasteiger partial charge in [-0.3, -0.25) is 4.98 Å². The molecule has 1 aromatic heterocycles. The molecule has 0 bridgehead atoms. The number of halogens is 3. The number of alkyl halides is 3. The van der Waals surface area contributed by atoms with Crippen molar-refractivity contribution in [2.75, 3.05) is 0 Å². The number of pyridine rings is 1. The molecular weight excluding hydrogens is 263 g/mol. The zero-order chi connectivity index (χ0) is 14.2. The third-order valence-electron chi connectivity index (χ3n) is 3.16. The summed E-state index contributed by atoms with van der Waals surface area (Å²) in [5.41, 5.74) is 1.27. The van der Waals surface area contributed by atoms with Crippen molar-refractivity contribution in [3.05, 3.63) is 66.4 Å². The van der Waals surface area contributed by atoms with E-state index in [9.17, 15) is 13.2 Å². The van der Waals surface area contributed by atoms with E-state index in [1.807, 2.05) is 30.3 Å². The van der Waals surface area contributed by atoms with E-state index in [-0.39, 0.29) is 5.39 Å². The molecule has 0 aliphatic carbocycles. The Bertz CT molecular complexity index is 749. The smallest absolute Gasteiger partial charge is 0.256 e. The van der Waals surface area contributed by atoms with E-state index >= 15 is 0 Å². The summed E-state index contributed by atoms with van der Waals surface area (Å²) >= 11 is 0. The van der Waals surface area contributed by atoms with E-state index < -0.39 is 11.7 Å². The summed E-state index contributed by atoms with van der Waals surface area (Å²) in [6.45, 7) is 0. The third-order valence-corrected chi connectivity index (χ3v) is 3.16. The van der Waals surface area contributed by atoms with Gasteiger partial charge in [0.1, 0.15) is 0 Å². The van der Waals surface area contributed by atoms with Crippen LogP contribution in [0.4, 0.5) is 13.2 Å². The van der Waals surface area contributed by atoms with Gasteiger partial charge in [-0.05, 0) is 17.7 Å². The number of nitrogens with zero attached hydrogens (tertiary/aromatic N) is 1. The quantitative estimate of drug-likeness (QED) is 0.613. The SMILES string of the molecule is FC(F)(F)c1ccc(-c2ccccc2)c2ncccc12. The average molecular weight is 273 g/mol. The van der Waals surface area contributed by atoms with Crippen LogP contribution >= 0.6 is 0 Å². The summed E-state index contributed by atoms with van der Waals surface area (Å²) in [7, 11) is 0. The highest BCUT2D eigenvalue weighted by Gasteiger charge is 2.33. The molecule has 20 heavy (non-hydrogen) atoms. The van der Waals surface area contributed by atoms with Crippen molar-refractivity contribution in [3.63, 3.8) is 0 Å². The van der Waals surface area contributed by atoms with E-state index in [2.05, 4.69) is 4.98 Å². The van der Waals surface area contributed by atoms with Crippen LogP contribution in [0.25, 0.3) is 22.0 Å². The molecule has 100 valence electrons. The summed E-state index contributed by atoms with van der Waals surface area (Å²) in [6, 6.07) is 14.9. The van der Waals surface area contributed by atoms with Crippen molar-refractivity contribution in [2.45, 2.75) is 6.18 Å². The molecule has 2 aromatic carbocycles. The molecule has 3 aromatic rings. The van der Waals surface area contributed by atoms with Gasteiger partial charge < -0.3 is 0 Å². The molecule has 0 fully saturated rings. The van der Waals surface area contributed by atoms with Gasteiger partial charge in [0.2, 0.25) is 0 Å². The number of benzene rings is 2. The van der Waals surface area contributed by atoms with Gasteiger partial charge >= 0.3 is 6.18 Å². The van der Waals surface area contributed by atoms with Crippen LogP contribution in [0.15, 0.2) is 60.8 Å². The van der Waals surface area contributed by atoms with Crippen molar-refractivity contribution in [1.82, 2.24) is 4.98 Å². The van der Waals surface area contributed by atoms with Crippen LogP contribution in [0.3, 0.4) is 0 Å². The van der Waals surface area contributed by atoms with Crippen LogP contribution in [-0.2, 0) is 6.18 Å².